The highest BCUT2D eigenvalue weighted by molar-refractivity contribution is 6.60. The van der Waals surface area contributed by atoms with Gasteiger partial charge in [0.25, 0.3) is 0 Å². The quantitative estimate of drug-likeness (QED) is 0.573. The van der Waals surface area contributed by atoms with Crippen molar-refractivity contribution in [3.05, 3.63) is 0 Å². The van der Waals surface area contributed by atoms with Crippen molar-refractivity contribution < 1.29 is 22.8 Å². The molecule has 1 fully saturated rings. The van der Waals surface area contributed by atoms with Crippen molar-refractivity contribution in [2.45, 2.75) is 45.9 Å². The molecule has 0 aromatic heterocycles. The maximum Gasteiger partial charge on any atom is 0.500 e. The summed E-state index contributed by atoms with van der Waals surface area (Å²) in [5.74, 6) is 0. The first-order valence-electron chi connectivity index (χ1n) is 6.91. The minimum absolute atomic E-state index is 0.0541. The van der Waals surface area contributed by atoms with Gasteiger partial charge in [-0.1, -0.05) is 0 Å². The van der Waals surface area contributed by atoms with Crippen LogP contribution in [0.2, 0.25) is 6.04 Å². The summed E-state index contributed by atoms with van der Waals surface area (Å²) < 4.78 is 28.2. The van der Waals surface area contributed by atoms with E-state index in [4.69, 9.17) is 22.8 Å². The van der Waals surface area contributed by atoms with Crippen molar-refractivity contribution in [2.24, 2.45) is 0 Å². The summed E-state index contributed by atoms with van der Waals surface area (Å²) in [5, 5.41) is 0. The number of hydrogen-bond donors (Lipinski definition) is 0. The summed E-state index contributed by atoms with van der Waals surface area (Å²) in [5.41, 5.74) is 0. The molecule has 0 bridgehead atoms. The summed E-state index contributed by atoms with van der Waals surface area (Å²) in [6.45, 7) is 9.22. The van der Waals surface area contributed by atoms with Crippen LogP contribution in [0.25, 0.3) is 0 Å². The van der Waals surface area contributed by atoms with Crippen LogP contribution in [-0.4, -0.2) is 48.1 Å². The first kappa shape index (κ1) is 16.1. The van der Waals surface area contributed by atoms with E-state index < -0.39 is 8.80 Å². The van der Waals surface area contributed by atoms with Gasteiger partial charge in [-0.05, 0) is 33.6 Å². The van der Waals surface area contributed by atoms with Crippen LogP contribution in [0.5, 0.6) is 0 Å². The van der Waals surface area contributed by atoms with Crippen LogP contribution in [0.1, 0.15) is 33.6 Å². The van der Waals surface area contributed by atoms with E-state index in [2.05, 4.69) is 0 Å². The topological polar surface area (TPSA) is 46.2 Å². The highest BCUT2D eigenvalue weighted by atomic mass is 28.4. The second-order valence-electron chi connectivity index (χ2n) is 4.05. The molecule has 5 nitrogen and oxygen atoms in total. The Morgan fingerprint density at radius 2 is 1.44 bits per heavy atom. The molecule has 0 aromatic rings. The standard InChI is InChI=1S/C12H26O5Si/c1-4-15-18(16-5-2,17-6-3)11-7-8-12-13-9-10-14-12/h12H,4-11H2,1-3H3. The van der Waals surface area contributed by atoms with Gasteiger partial charge in [-0.2, -0.15) is 0 Å². The SMILES string of the molecule is CCO[Si](CCCC1OCCO1)(OCC)OCC. The molecule has 0 atom stereocenters. The lowest BCUT2D eigenvalue weighted by atomic mass is 10.3. The molecule has 0 aromatic carbocycles. The molecular weight excluding hydrogens is 252 g/mol. The fourth-order valence-electron chi connectivity index (χ4n) is 2.06. The Balaban J connectivity index is 2.37. The predicted octanol–water partition coefficient (Wildman–Crippen LogP) is 2.19. The molecule has 0 spiro atoms. The monoisotopic (exact) mass is 278 g/mol. The fraction of sp³-hybridized carbons (Fsp3) is 1.00. The van der Waals surface area contributed by atoms with Crippen molar-refractivity contribution in [1.82, 2.24) is 0 Å². The van der Waals surface area contributed by atoms with Crippen LogP contribution in [0.15, 0.2) is 0 Å². The predicted molar refractivity (Wildman–Crippen MR) is 70.4 cm³/mol. The summed E-state index contributed by atoms with van der Waals surface area (Å²) in [7, 11) is -2.48. The van der Waals surface area contributed by atoms with E-state index in [1.807, 2.05) is 20.8 Å². The third-order valence-electron chi connectivity index (χ3n) is 2.71. The Hall–Kier alpha value is 0.0169. The molecular formula is C12H26O5Si. The van der Waals surface area contributed by atoms with Crippen LogP contribution in [0.3, 0.4) is 0 Å². The van der Waals surface area contributed by atoms with Gasteiger partial charge < -0.3 is 22.8 Å². The van der Waals surface area contributed by atoms with Gasteiger partial charge in [-0.3, -0.25) is 0 Å². The van der Waals surface area contributed by atoms with Crippen LogP contribution in [0.4, 0.5) is 0 Å². The van der Waals surface area contributed by atoms with Crippen LogP contribution >= 0.6 is 0 Å². The molecule has 18 heavy (non-hydrogen) atoms. The number of ether oxygens (including phenoxy) is 2. The smallest absolute Gasteiger partial charge is 0.374 e. The number of rotatable bonds is 10. The van der Waals surface area contributed by atoms with E-state index in [9.17, 15) is 0 Å². The van der Waals surface area contributed by atoms with Crippen molar-refractivity contribution in [2.75, 3.05) is 33.0 Å². The Morgan fingerprint density at radius 1 is 0.944 bits per heavy atom. The minimum atomic E-state index is -2.48. The summed E-state index contributed by atoms with van der Waals surface area (Å²) in [6.07, 6.45) is 1.76. The van der Waals surface area contributed by atoms with Gasteiger partial charge in [0.1, 0.15) is 0 Å². The lowest BCUT2D eigenvalue weighted by Crippen LogP contribution is -2.46. The molecule has 1 rings (SSSR count). The van der Waals surface area contributed by atoms with Gasteiger partial charge in [0.05, 0.1) is 13.2 Å². The van der Waals surface area contributed by atoms with Gasteiger partial charge >= 0.3 is 8.80 Å². The largest absolute Gasteiger partial charge is 0.500 e. The highest BCUT2D eigenvalue weighted by Gasteiger charge is 2.39. The lowest BCUT2D eigenvalue weighted by molar-refractivity contribution is -0.0477. The Kier molecular flexibility index (Phi) is 8.04. The van der Waals surface area contributed by atoms with E-state index >= 15 is 0 Å². The number of hydrogen-bond acceptors (Lipinski definition) is 5. The molecule has 0 aliphatic carbocycles. The second-order valence-corrected chi connectivity index (χ2v) is 6.78. The molecule has 0 radical (unpaired) electrons. The van der Waals surface area contributed by atoms with Crippen molar-refractivity contribution in [1.29, 1.82) is 0 Å². The van der Waals surface area contributed by atoms with E-state index in [1.54, 1.807) is 0 Å². The van der Waals surface area contributed by atoms with Gasteiger partial charge in [0.2, 0.25) is 0 Å². The van der Waals surface area contributed by atoms with Crippen LogP contribution < -0.4 is 0 Å². The molecule has 6 heteroatoms. The van der Waals surface area contributed by atoms with Gasteiger partial charge in [-0.15, -0.1) is 0 Å². The summed E-state index contributed by atoms with van der Waals surface area (Å²) in [6, 6.07) is 0.825. The van der Waals surface area contributed by atoms with E-state index in [0.717, 1.165) is 18.9 Å². The molecule has 1 saturated heterocycles. The highest BCUT2D eigenvalue weighted by Crippen LogP contribution is 2.21. The minimum Gasteiger partial charge on any atom is -0.374 e. The molecule has 0 unspecified atom stereocenters. The third-order valence-corrected chi connectivity index (χ3v) is 5.86. The van der Waals surface area contributed by atoms with E-state index in [0.29, 0.717) is 33.0 Å². The van der Waals surface area contributed by atoms with Crippen molar-refractivity contribution >= 4 is 8.80 Å². The van der Waals surface area contributed by atoms with Crippen molar-refractivity contribution in [3.63, 3.8) is 0 Å². The van der Waals surface area contributed by atoms with Gasteiger partial charge in [-0.25, -0.2) is 0 Å². The average molecular weight is 278 g/mol. The average Bonchev–Trinajstić information content (AvgIpc) is 2.83. The zero-order valence-electron chi connectivity index (χ0n) is 11.8. The Labute approximate surface area is 111 Å². The zero-order valence-corrected chi connectivity index (χ0v) is 12.8. The Bertz CT molecular complexity index is 192. The lowest BCUT2D eigenvalue weighted by Gasteiger charge is -2.28. The molecule has 0 saturated carbocycles. The first-order chi connectivity index (χ1) is 8.76. The molecule has 1 aliphatic rings. The second kappa shape index (κ2) is 9.01. The normalized spacial score (nSPS) is 17.5. The van der Waals surface area contributed by atoms with Gasteiger partial charge in [0, 0.05) is 25.9 Å². The summed E-state index contributed by atoms with van der Waals surface area (Å²) >= 11 is 0. The van der Waals surface area contributed by atoms with Gasteiger partial charge in [0.15, 0.2) is 6.29 Å². The molecule has 0 N–H and O–H groups in total. The third kappa shape index (κ3) is 5.34. The summed E-state index contributed by atoms with van der Waals surface area (Å²) in [4.78, 5) is 0. The zero-order chi connectivity index (χ0) is 13.3. The molecule has 0 amide bonds. The molecule has 1 aliphatic heterocycles. The van der Waals surface area contributed by atoms with E-state index in [-0.39, 0.29) is 6.29 Å². The molecule has 1 heterocycles. The van der Waals surface area contributed by atoms with Crippen LogP contribution in [-0.2, 0) is 22.8 Å². The van der Waals surface area contributed by atoms with Crippen molar-refractivity contribution in [3.8, 4) is 0 Å². The fourth-order valence-corrected chi connectivity index (χ4v) is 4.70. The maximum atomic E-state index is 5.79. The Morgan fingerprint density at radius 3 is 1.89 bits per heavy atom. The van der Waals surface area contributed by atoms with E-state index in [1.165, 1.54) is 0 Å². The van der Waals surface area contributed by atoms with Crippen LogP contribution in [0, 0.1) is 0 Å². The maximum absolute atomic E-state index is 5.79. The molecule has 108 valence electrons. The first-order valence-corrected chi connectivity index (χ1v) is 8.84.